The number of aldehydes is 1. The number of ether oxygens (including phenoxy) is 1. The summed E-state index contributed by atoms with van der Waals surface area (Å²) in [6, 6.07) is 8.16. The van der Waals surface area contributed by atoms with Gasteiger partial charge in [0.05, 0.1) is 13.2 Å². The molecule has 2 aliphatic rings. The van der Waals surface area contributed by atoms with Gasteiger partial charge in [-0.05, 0) is 60.1 Å². The molecule has 2 aromatic rings. The molecule has 2 atom stereocenters. The summed E-state index contributed by atoms with van der Waals surface area (Å²) in [5, 5.41) is 0. The monoisotopic (exact) mass is 393 g/mol. The number of rotatable bonds is 9. The fourth-order valence-electron chi connectivity index (χ4n) is 4.46. The first-order valence-electron chi connectivity index (χ1n) is 10.9. The fraction of sp³-hybridized carbons (Fsp3) is 0.542. The number of aryl methyl sites for hydroxylation is 1. The van der Waals surface area contributed by atoms with Crippen molar-refractivity contribution >= 4 is 12.2 Å². The van der Waals surface area contributed by atoms with Crippen molar-refractivity contribution < 1.29 is 9.53 Å². The van der Waals surface area contributed by atoms with Gasteiger partial charge < -0.3 is 14.4 Å². The summed E-state index contributed by atoms with van der Waals surface area (Å²) >= 11 is 0. The molecule has 2 unspecified atom stereocenters. The zero-order chi connectivity index (χ0) is 20.1. The second-order valence-electron chi connectivity index (χ2n) is 8.43. The van der Waals surface area contributed by atoms with Gasteiger partial charge in [0.1, 0.15) is 6.29 Å². The van der Waals surface area contributed by atoms with Crippen LogP contribution in [0.25, 0.3) is 0 Å². The molecule has 0 N–H and O–H groups in total. The van der Waals surface area contributed by atoms with Gasteiger partial charge in [0.25, 0.3) is 0 Å². The summed E-state index contributed by atoms with van der Waals surface area (Å²) < 4.78 is 5.98. The molecule has 2 fully saturated rings. The van der Waals surface area contributed by atoms with Crippen molar-refractivity contribution in [2.45, 2.75) is 45.6 Å². The highest BCUT2D eigenvalue weighted by molar-refractivity contribution is 5.54. The van der Waals surface area contributed by atoms with E-state index in [9.17, 15) is 4.79 Å². The number of piperidine rings is 1. The Balaban J connectivity index is 1.16. The molecule has 0 spiro atoms. The molecule has 1 saturated carbocycles. The minimum Gasteiger partial charge on any atom is -0.376 e. The number of nitrogens with zero attached hydrogens (tertiary/aromatic N) is 3. The highest BCUT2D eigenvalue weighted by Crippen LogP contribution is 2.48. The minimum atomic E-state index is 0.486. The highest BCUT2D eigenvalue weighted by atomic mass is 16.5. The average molecular weight is 394 g/mol. The van der Waals surface area contributed by atoms with Crippen molar-refractivity contribution in [3.8, 4) is 0 Å². The summed E-state index contributed by atoms with van der Waals surface area (Å²) in [6.07, 6.45) is 10.1. The van der Waals surface area contributed by atoms with E-state index in [0.29, 0.717) is 13.0 Å². The van der Waals surface area contributed by atoms with Gasteiger partial charge in [-0.1, -0.05) is 31.2 Å². The minimum absolute atomic E-state index is 0.486. The van der Waals surface area contributed by atoms with E-state index in [1.165, 1.54) is 30.4 Å². The normalized spacial score (nSPS) is 21.9. The quantitative estimate of drug-likeness (QED) is 0.606. The van der Waals surface area contributed by atoms with Gasteiger partial charge in [0, 0.05) is 31.9 Å². The summed E-state index contributed by atoms with van der Waals surface area (Å²) in [5.41, 5.74) is 3.43. The first-order chi connectivity index (χ1) is 14.3. The summed E-state index contributed by atoms with van der Waals surface area (Å²) in [4.78, 5) is 22.0. The number of hydrogen-bond acceptors (Lipinski definition) is 5. The number of carbonyl (C=O) groups excluding carboxylic acids is 1. The Morgan fingerprint density at radius 1 is 1.07 bits per heavy atom. The standard InChI is InChI=1S/C24H31N3O2/c1-2-18-14-25-24(26-15-18)27-10-7-21(8-11-27)23-13-22(23)17-29-16-20-5-3-19(4-6-20)9-12-28/h3-6,12,14-15,21-23H,2,7-11,13,16-17H2,1H3. The Morgan fingerprint density at radius 2 is 1.76 bits per heavy atom. The Bertz CT molecular complexity index is 783. The molecule has 5 nitrogen and oxygen atoms in total. The lowest BCUT2D eigenvalue weighted by Crippen LogP contribution is -2.35. The third kappa shape index (κ3) is 5.21. The smallest absolute Gasteiger partial charge is 0.225 e. The molecule has 1 aromatic heterocycles. The first-order valence-corrected chi connectivity index (χ1v) is 10.9. The molecule has 29 heavy (non-hydrogen) atoms. The third-order valence-electron chi connectivity index (χ3n) is 6.45. The highest BCUT2D eigenvalue weighted by Gasteiger charge is 2.43. The lowest BCUT2D eigenvalue weighted by molar-refractivity contribution is -0.107. The van der Waals surface area contributed by atoms with E-state index >= 15 is 0 Å². The number of aromatic nitrogens is 2. The van der Waals surface area contributed by atoms with Crippen molar-refractivity contribution in [2.75, 3.05) is 24.6 Å². The Morgan fingerprint density at radius 3 is 2.41 bits per heavy atom. The molecule has 0 amide bonds. The zero-order valence-electron chi connectivity index (χ0n) is 17.3. The Hall–Kier alpha value is -2.27. The first kappa shape index (κ1) is 20.0. The predicted octanol–water partition coefficient (Wildman–Crippen LogP) is 3.85. The lowest BCUT2D eigenvalue weighted by atomic mass is 9.91. The van der Waals surface area contributed by atoms with Crippen LogP contribution in [-0.2, 0) is 29.0 Å². The van der Waals surface area contributed by atoms with Gasteiger partial charge in [0.2, 0.25) is 5.95 Å². The van der Waals surface area contributed by atoms with Crippen LogP contribution in [-0.4, -0.2) is 36.0 Å². The van der Waals surface area contributed by atoms with Gasteiger partial charge in [-0.2, -0.15) is 0 Å². The molecule has 0 bridgehead atoms. The van der Waals surface area contributed by atoms with E-state index in [-0.39, 0.29) is 0 Å². The van der Waals surface area contributed by atoms with Crippen LogP contribution in [0.4, 0.5) is 5.95 Å². The summed E-state index contributed by atoms with van der Waals surface area (Å²) in [6.45, 7) is 5.78. The molecule has 1 aliphatic heterocycles. The second kappa shape index (κ2) is 9.49. The molecule has 1 aliphatic carbocycles. The van der Waals surface area contributed by atoms with Gasteiger partial charge in [-0.3, -0.25) is 0 Å². The van der Waals surface area contributed by atoms with Crippen molar-refractivity contribution in [3.63, 3.8) is 0 Å². The van der Waals surface area contributed by atoms with Gasteiger partial charge in [0.15, 0.2) is 0 Å². The number of carbonyl (C=O) groups is 1. The fourth-order valence-corrected chi connectivity index (χ4v) is 4.46. The van der Waals surface area contributed by atoms with Gasteiger partial charge in [-0.25, -0.2) is 9.97 Å². The SMILES string of the molecule is CCc1cnc(N2CCC(C3CC3COCc3ccc(CC=O)cc3)CC2)nc1. The average Bonchev–Trinajstić information content (AvgIpc) is 3.55. The molecule has 2 heterocycles. The summed E-state index contributed by atoms with van der Waals surface area (Å²) in [7, 11) is 0. The van der Waals surface area contributed by atoms with E-state index in [1.54, 1.807) is 0 Å². The Kier molecular flexibility index (Phi) is 6.55. The molecule has 154 valence electrons. The number of hydrogen-bond donors (Lipinski definition) is 0. The molecule has 1 aromatic carbocycles. The second-order valence-corrected chi connectivity index (χ2v) is 8.43. The zero-order valence-corrected chi connectivity index (χ0v) is 17.3. The predicted molar refractivity (Wildman–Crippen MR) is 114 cm³/mol. The maximum atomic E-state index is 10.6. The Labute approximate surface area is 173 Å². The van der Waals surface area contributed by atoms with E-state index in [2.05, 4.69) is 33.9 Å². The maximum absolute atomic E-state index is 10.6. The van der Waals surface area contributed by atoms with Crippen LogP contribution in [0.5, 0.6) is 0 Å². The van der Waals surface area contributed by atoms with Crippen molar-refractivity contribution in [1.82, 2.24) is 9.97 Å². The lowest BCUT2D eigenvalue weighted by Gasteiger charge is -2.32. The van der Waals surface area contributed by atoms with Crippen LogP contribution in [0.1, 0.15) is 42.9 Å². The molecule has 4 rings (SSSR count). The van der Waals surface area contributed by atoms with Crippen molar-refractivity contribution in [1.29, 1.82) is 0 Å². The van der Waals surface area contributed by atoms with Crippen LogP contribution in [0.2, 0.25) is 0 Å². The molecular weight excluding hydrogens is 362 g/mol. The number of anilines is 1. The maximum Gasteiger partial charge on any atom is 0.225 e. The van der Waals surface area contributed by atoms with E-state index in [4.69, 9.17) is 4.74 Å². The van der Waals surface area contributed by atoms with Crippen LogP contribution in [0, 0.1) is 17.8 Å². The van der Waals surface area contributed by atoms with Gasteiger partial charge in [-0.15, -0.1) is 0 Å². The molecule has 0 radical (unpaired) electrons. The van der Waals surface area contributed by atoms with E-state index in [0.717, 1.165) is 61.7 Å². The van der Waals surface area contributed by atoms with Crippen LogP contribution in [0.15, 0.2) is 36.7 Å². The van der Waals surface area contributed by atoms with Crippen molar-refractivity contribution in [2.24, 2.45) is 17.8 Å². The summed E-state index contributed by atoms with van der Waals surface area (Å²) in [5.74, 6) is 3.25. The van der Waals surface area contributed by atoms with Crippen LogP contribution < -0.4 is 4.90 Å². The van der Waals surface area contributed by atoms with E-state index < -0.39 is 0 Å². The molecular formula is C24H31N3O2. The van der Waals surface area contributed by atoms with Gasteiger partial charge >= 0.3 is 0 Å². The third-order valence-corrected chi connectivity index (χ3v) is 6.45. The van der Waals surface area contributed by atoms with E-state index in [1.807, 2.05) is 24.5 Å². The largest absolute Gasteiger partial charge is 0.376 e. The van der Waals surface area contributed by atoms with Crippen LogP contribution >= 0.6 is 0 Å². The molecule has 5 heteroatoms. The van der Waals surface area contributed by atoms with Crippen LogP contribution in [0.3, 0.4) is 0 Å². The number of benzene rings is 1. The topological polar surface area (TPSA) is 55.3 Å². The van der Waals surface area contributed by atoms with Crippen molar-refractivity contribution in [3.05, 3.63) is 53.3 Å². The molecule has 1 saturated heterocycles.